The monoisotopic (exact) mass is 399 g/mol. The standard InChI is InChI=1S/C13H16O2S.C9H13N.C2H4/c1-5-9-8-10(6-7-13(2,3)4)16-11(9)12(14)15;1-7-4-5-9(10-3)8(2)6-7;1-2/h8H,5H2,1-4H3,(H,14,15);4-6,10H,1-3H3;1-2H2. The van der Waals surface area contributed by atoms with Gasteiger partial charge in [0.25, 0.3) is 0 Å². The zero-order valence-electron chi connectivity index (χ0n) is 18.2. The molecular formula is C24H33NO2S. The Morgan fingerprint density at radius 1 is 1.21 bits per heavy atom. The van der Waals surface area contributed by atoms with E-state index in [9.17, 15) is 4.79 Å². The molecule has 0 unspecified atom stereocenters. The summed E-state index contributed by atoms with van der Waals surface area (Å²) in [5.41, 5.74) is 4.65. The second-order valence-corrected chi connectivity index (χ2v) is 8.24. The Hall–Kier alpha value is -2.51. The number of carbonyl (C=O) groups is 1. The zero-order valence-corrected chi connectivity index (χ0v) is 19.0. The molecular weight excluding hydrogens is 366 g/mol. The molecule has 2 N–H and O–H groups in total. The fraction of sp³-hybridized carbons (Fsp3) is 0.375. The van der Waals surface area contributed by atoms with Crippen molar-refractivity contribution in [2.45, 2.75) is 48.0 Å². The van der Waals surface area contributed by atoms with Gasteiger partial charge in [-0.3, -0.25) is 0 Å². The van der Waals surface area contributed by atoms with Crippen molar-refractivity contribution >= 4 is 23.0 Å². The molecule has 2 aromatic rings. The lowest BCUT2D eigenvalue weighted by molar-refractivity contribution is 0.0701. The van der Waals surface area contributed by atoms with Gasteiger partial charge in [-0.25, -0.2) is 4.79 Å². The highest BCUT2D eigenvalue weighted by Gasteiger charge is 2.13. The Morgan fingerprint density at radius 2 is 1.82 bits per heavy atom. The van der Waals surface area contributed by atoms with Crippen molar-refractivity contribution in [1.29, 1.82) is 0 Å². The Balaban J connectivity index is 0.000000520. The fourth-order valence-electron chi connectivity index (χ4n) is 2.28. The summed E-state index contributed by atoms with van der Waals surface area (Å²) in [6.45, 7) is 18.3. The second-order valence-electron chi connectivity index (χ2n) is 7.19. The molecule has 0 aliphatic carbocycles. The maximum atomic E-state index is 11.0. The normalized spacial score (nSPS) is 9.68. The van der Waals surface area contributed by atoms with E-state index in [0.717, 1.165) is 16.9 Å². The molecule has 0 saturated carbocycles. The number of aryl methyl sites for hydroxylation is 3. The SMILES string of the molecule is C=C.CCc1cc(C#CC(C)(C)C)sc1C(=O)O.CNc1ccc(C)cc1C. The maximum Gasteiger partial charge on any atom is 0.346 e. The lowest BCUT2D eigenvalue weighted by Crippen LogP contribution is -1.98. The van der Waals surface area contributed by atoms with Gasteiger partial charge in [0.1, 0.15) is 4.88 Å². The molecule has 0 saturated heterocycles. The largest absolute Gasteiger partial charge is 0.477 e. The molecule has 0 spiro atoms. The van der Waals surface area contributed by atoms with E-state index >= 15 is 0 Å². The van der Waals surface area contributed by atoms with Crippen LogP contribution in [0.15, 0.2) is 37.4 Å². The van der Waals surface area contributed by atoms with Crippen LogP contribution in [0.5, 0.6) is 0 Å². The minimum absolute atomic E-state index is 0.0558. The van der Waals surface area contributed by atoms with Crippen LogP contribution in [0.1, 0.15) is 58.9 Å². The van der Waals surface area contributed by atoms with Gasteiger partial charge in [0.15, 0.2) is 0 Å². The lowest BCUT2D eigenvalue weighted by atomic mass is 9.98. The lowest BCUT2D eigenvalue weighted by Gasteiger charge is -2.06. The zero-order chi connectivity index (χ0) is 21.9. The first-order valence-corrected chi connectivity index (χ1v) is 10.0. The molecule has 0 radical (unpaired) electrons. The number of nitrogens with one attached hydrogen (secondary N) is 1. The van der Waals surface area contributed by atoms with E-state index in [0.29, 0.717) is 4.88 Å². The number of rotatable bonds is 3. The Kier molecular flexibility index (Phi) is 11.0. The van der Waals surface area contributed by atoms with E-state index in [1.807, 2.05) is 40.8 Å². The minimum Gasteiger partial charge on any atom is -0.477 e. The molecule has 4 heteroatoms. The van der Waals surface area contributed by atoms with Gasteiger partial charge in [0.2, 0.25) is 0 Å². The summed E-state index contributed by atoms with van der Waals surface area (Å²) in [6, 6.07) is 8.27. The number of carboxylic acid groups (broad SMARTS) is 1. The van der Waals surface area contributed by atoms with Gasteiger partial charge < -0.3 is 10.4 Å². The van der Waals surface area contributed by atoms with Crippen molar-refractivity contribution < 1.29 is 9.90 Å². The fourth-order valence-corrected chi connectivity index (χ4v) is 3.22. The van der Waals surface area contributed by atoms with Crippen molar-refractivity contribution in [3.05, 3.63) is 63.9 Å². The second kappa shape index (κ2) is 12.0. The molecule has 2 rings (SSSR count). The smallest absolute Gasteiger partial charge is 0.346 e. The van der Waals surface area contributed by atoms with E-state index in [-0.39, 0.29) is 5.41 Å². The third-order valence-electron chi connectivity index (χ3n) is 3.60. The molecule has 28 heavy (non-hydrogen) atoms. The number of thiophene rings is 1. The first-order valence-electron chi connectivity index (χ1n) is 9.21. The van der Waals surface area contributed by atoms with Crippen molar-refractivity contribution in [2.24, 2.45) is 5.41 Å². The number of aromatic carboxylic acids is 1. The summed E-state index contributed by atoms with van der Waals surface area (Å²) in [6.07, 6.45) is 0.731. The Morgan fingerprint density at radius 3 is 2.21 bits per heavy atom. The van der Waals surface area contributed by atoms with Gasteiger partial charge >= 0.3 is 5.97 Å². The van der Waals surface area contributed by atoms with Crippen molar-refractivity contribution in [3.8, 4) is 11.8 Å². The average molecular weight is 400 g/mol. The number of benzene rings is 1. The van der Waals surface area contributed by atoms with Crippen LogP contribution in [0.2, 0.25) is 0 Å². The highest BCUT2D eigenvalue weighted by atomic mass is 32.1. The third-order valence-corrected chi connectivity index (χ3v) is 4.68. The molecule has 0 aliphatic rings. The summed E-state index contributed by atoms with van der Waals surface area (Å²) in [7, 11) is 1.94. The molecule has 1 aromatic heterocycles. The average Bonchev–Trinajstić information content (AvgIpc) is 3.06. The van der Waals surface area contributed by atoms with Crippen LogP contribution in [0.4, 0.5) is 5.69 Å². The topological polar surface area (TPSA) is 49.3 Å². The summed E-state index contributed by atoms with van der Waals surface area (Å²) in [5, 5.41) is 12.1. The molecule has 0 atom stereocenters. The summed E-state index contributed by atoms with van der Waals surface area (Å²) >= 11 is 1.26. The van der Waals surface area contributed by atoms with Crippen LogP contribution in [-0.2, 0) is 6.42 Å². The van der Waals surface area contributed by atoms with Gasteiger partial charge in [-0.2, -0.15) is 0 Å². The number of hydrogen-bond acceptors (Lipinski definition) is 3. The molecule has 3 nitrogen and oxygen atoms in total. The van der Waals surface area contributed by atoms with Crippen LogP contribution in [-0.4, -0.2) is 18.1 Å². The van der Waals surface area contributed by atoms with E-state index in [1.165, 1.54) is 28.2 Å². The first-order chi connectivity index (χ1) is 13.1. The quantitative estimate of drug-likeness (QED) is 0.454. The molecule has 1 heterocycles. The van der Waals surface area contributed by atoms with E-state index in [1.54, 1.807) is 0 Å². The van der Waals surface area contributed by atoms with Crippen LogP contribution >= 0.6 is 11.3 Å². The summed E-state index contributed by atoms with van der Waals surface area (Å²) in [5.74, 6) is 5.29. The number of hydrogen-bond donors (Lipinski definition) is 2. The molecule has 0 fully saturated rings. The van der Waals surface area contributed by atoms with E-state index in [4.69, 9.17) is 5.11 Å². The van der Waals surface area contributed by atoms with Crippen LogP contribution in [0.3, 0.4) is 0 Å². The van der Waals surface area contributed by atoms with Gasteiger partial charge in [-0.05, 0) is 64.3 Å². The van der Waals surface area contributed by atoms with Crippen LogP contribution in [0, 0.1) is 31.1 Å². The predicted molar refractivity (Wildman–Crippen MR) is 124 cm³/mol. The van der Waals surface area contributed by atoms with Crippen LogP contribution in [0.25, 0.3) is 0 Å². The number of carboxylic acids is 1. The van der Waals surface area contributed by atoms with Crippen molar-refractivity contribution in [2.75, 3.05) is 12.4 Å². The maximum absolute atomic E-state index is 11.0. The molecule has 152 valence electrons. The molecule has 1 aromatic carbocycles. The summed E-state index contributed by atoms with van der Waals surface area (Å²) < 4.78 is 0. The first kappa shape index (κ1) is 25.5. The molecule has 0 amide bonds. The van der Waals surface area contributed by atoms with Gasteiger partial charge in [-0.1, -0.05) is 36.5 Å². The minimum atomic E-state index is -0.856. The predicted octanol–water partition coefficient (Wildman–Crippen LogP) is 6.55. The van der Waals surface area contributed by atoms with Gasteiger partial charge in [-0.15, -0.1) is 24.5 Å². The van der Waals surface area contributed by atoms with E-state index < -0.39 is 5.97 Å². The van der Waals surface area contributed by atoms with Gasteiger partial charge in [0, 0.05) is 18.2 Å². The highest BCUT2D eigenvalue weighted by Crippen LogP contribution is 2.23. The number of anilines is 1. The van der Waals surface area contributed by atoms with Crippen molar-refractivity contribution in [3.63, 3.8) is 0 Å². The third kappa shape index (κ3) is 8.92. The van der Waals surface area contributed by atoms with Crippen LogP contribution < -0.4 is 5.32 Å². The Bertz CT molecular complexity index is 833. The van der Waals surface area contributed by atoms with Gasteiger partial charge in [0.05, 0.1) is 4.88 Å². The van der Waals surface area contributed by atoms with Crippen molar-refractivity contribution in [1.82, 2.24) is 0 Å². The molecule has 0 bridgehead atoms. The molecule has 0 aliphatic heterocycles. The Labute approximate surface area is 174 Å². The summed E-state index contributed by atoms with van der Waals surface area (Å²) in [4.78, 5) is 12.2. The highest BCUT2D eigenvalue weighted by molar-refractivity contribution is 7.14. The van der Waals surface area contributed by atoms with E-state index in [2.05, 4.69) is 62.4 Å².